The number of aryl methyl sites for hydroxylation is 1. The second kappa shape index (κ2) is 7.13. The number of carbonyl (C=O) groups excluding carboxylic acids is 1. The molecule has 2 aromatic rings. The van der Waals surface area contributed by atoms with E-state index in [1.165, 1.54) is 0 Å². The van der Waals surface area contributed by atoms with E-state index in [9.17, 15) is 4.79 Å². The molecule has 1 amide bonds. The van der Waals surface area contributed by atoms with Crippen molar-refractivity contribution in [2.24, 2.45) is 0 Å². The van der Waals surface area contributed by atoms with E-state index in [0.29, 0.717) is 0 Å². The van der Waals surface area contributed by atoms with Gasteiger partial charge < -0.3 is 9.64 Å². The second-order valence-electron chi connectivity index (χ2n) is 5.67. The van der Waals surface area contributed by atoms with Crippen LogP contribution in [-0.4, -0.2) is 43.6 Å². The highest BCUT2D eigenvalue weighted by Gasteiger charge is 2.26. The molecule has 0 aliphatic carbocycles. The van der Waals surface area contributed by atoms with E-state index < -0.39 is 0 Å². The van der Waals surface area contributed by atoms with E-state index in [-0.39, 0.29) is 12.5 Å². The normalized spacial score (nSPS) is 14.7. The fraction of sp³-hybridized carbons (Fsp3) is 0.333. The van der Waals surface area contributed by atoms with Crippen LogP contribution in [0.25, 0.3) is 0 Å². The first-order valence-electron chi connectivity index (χ1n) is 7.92. The van der Waals surface area contributed by atoms with E-state index in [1.54, 1.807) is 0 Å². The average molecular weight is 312 g/mol. The van der Waals surface area contributed by atoms with Crippen LogP contribution in [0, 0.1) is 6.92 Å². The van der Waals surface area contributed by atoms with Crippen molar-refractivity contribution in [3.8, 4) is 5.75 Å². The minimum Gasteiger partial charge on any atom is -0.484 e. The number of hydrogen-bond donors (Lipinski definition) is 0. The fourth-order valence-corrected chi connectivity index (χ4v) is 2.73. The van der Waals surface area contributed by atoms with E-state index in [1.807, 2.05) is 54.4 Å². The topological polar surface area (TPSA) is 46.9 Å². The Balaban J connectivity index is 1.50. The van der Waals surface area contributed by atoms with Gasteiger partial charge in [-0.05, 0) is 24.6 Å². The fourth-order valence-electron chi connectivity index (χ4n) is 2.73. The molecular formula is C18H22N3O2+. The number of carbonyl (C=O) groups is 1. The number of nitrogens with one attached hydrogen (secondary N) is 1. The summed E-state index contributed by atoms with van der Waals surface area (Å²) in [6.45, 7) is 5.18. The molecule has 0 atom stereocenters. The van der Waals surface area contributed by atoms with Crippen molar-refractivity contribution in [3.05, 3.63) is 54.2 Å². The highest BCUT2D eigenvalue weighted by atomic mass is 16.5. The lowest BCUT2D eigenvalue weighted by Crippen LogP contribution is -2.51. The number of hydrogen-bond acceptors (Lipinski definition) is 3. The third kappa shape index (κ3) is 3.80. The molecule has 1 saturated heterocycles. The van der Waals surface area contributed by atoms with Crippen molar-refractivity contribution in [1.29, 1.82) is 0 Å². The molecule has 1 aromatic heterocycles. The summed E-state index contributed by atoms with van der Waals surface area (Å²) >= 11 is 0. The molecule has 0 radical (unpaired) electrons. The smallest absolute Gasteiger partial charge is 0.274 e. The molecule has 2 heterocycles. The Labute approximate surface area is 136 Å². The number of aromatic nitrogens is 1. The van der Waals surface area contributed by atoms with E-state index in [2.05, 4.69) is 16.0 Å². The summed E-state index contributed by atoms with van der Waals surface area (Å²) in [5.74, 6) is 1.92. The number of pyridine rings is 1. The van der Waals surface area contributed by atoms with Crippen molar-refractivity contribution in [2.75, 3.05) is 37.7 Å². The van der Waals surface area contributed by atoms with Crippen molar-refractivity contribution >= 4 is 11.7 Å². The van der Waals surface area contributed by atoms with Gasteiger partial charge in [-0.1, -0.05) is 24.3 Å². The summed E-state index contributed by atoms with van der Waals surface area (Å²) in [6.07, 6.45) is 1.92. The Morgan fingerprint density at radius 3 is 2.52 bits per heavy atom. The molecule has 5 nitrogen and oxygen atoms in total. The Bertz CT molecular complexity index is 652. The van der Waals surface area contributed by atoms with Gasteiger partial charge in [0.15, 0.2) is 6.61 Å². The van der Waals surface area contributed by atoms with Gasteiger partial charge in [-0.25, -0.2) is 4.98 Å². The highest BCUT2D eigenvalue weighted by Crippen LogP contribution is 2.16. The van der Waals surface area contributed by atoms with Crippen LogP contribution in [0.2, 0.25) is 0 Å². The summed E-state index contributed by atoms with van der Waals surface area (Å²) in [5, 5.41) is 0. The maximum absolute atomic E-state index is 12.3. The molecule has 0 unspecified atom stereocenters. The number of amides is 1. The molecule has 0 spiro atoms. The van der Waals surface area contributed by atoms with E-state index in [0.717, 1.165) is 43.3 Å². The van der Waals surface area contributed by atoms with Crippen LogP contribution in [0.5, 0.6) is 5.75 Å². The lowest BCUT2D eigenvalue weighted by Gasteiger charge is -2.30. The first kappa shape index (κ1) is 15.3. The van der Waals surface area contributed by atoms with Crippen LogP contribution < -0.4 is 14.6 Å². The third-order valence-electron chi connectivity index (χ3n) is 4.11. The monoisotopic (exact) mass is 312 g/mol. The van der Waals surface area contributed by atoms with Crippen molar-refractivity contribution in [1.82, 2.24) is 4.90 Å². The minimum absolute atomic E-state index is 0.0462. The number of benzene rings is 1. The van der Waals surface area contributed by atoms with Crippen LogP contribution in [0.15, 0.2) is 48.7 Å². The van der Waals surface area contributed by atoms with Gasteiger partial charge in [0, 0.05) is 6.07 Å². The summed E-state index contributed by atoms with van der Waals surface area (Å²) in [7, 11) is 0. The third-order valence-corrected chi connectivity index (χ3v) is 4.11. The molecule has 5 heteroatoms. The zero-order valence-electron chi connectivity index (χ0n) is 13.4. The second-order valence-corrected chi connectivity index (χ2v) is 5.67. The summed E-state index contributed by atoms with van der Waals surface area (Å²) in [5.41, 5.74) is 1.05. The first-order valence-corrected chi connectivity index (χ1v) is 7.92. The molecular weight excluding hydrogens is 290 g/mol. The molecule has 0 saturated carbocycles. The quantitative estimate of drug-likeness (QED) is 0.860. The van der Waals surface area contributed by atoms with Gasteiger partial charge in [0.05, 0.1) is 19.3 Å². The predicted octanol–water partition coefficient (Wildman–Crippen LogP) is 1.54. The highest BCUT2D eigenvalue weighted by molar-refractivity contribution is 5.78. The van der Waals surface area contributed by atoms with Gasteiger partial charge in [-0.15, -0.1) is 0 Å². The molecule has 120 valence electrons. The number of ether oxygens (including phenoxy) is 1. The number of para-hydroxylation sites is 1. The Hall–Kier alpha value is -2.56. The van der Waals surface area contributed by atoms with Gasteiger partial charge in [-0.3, -0.25) is 9.69 Å². The number of aromatic amines is 1. The SMILES string of the molecule is Cc1ccccc1OCC(=O)N1CCN(c2cccc[nH+]2)CC1. The summed E-state index contributed by atoms with van der Waals surface area (Å²) < 4.78 is 5.65. The van der Waals surface area contributed by atoms with Gasteiger partial charge in [0.2, 0.25) is 0 Å². The minimum atomic E-state index is 0.0462. The van der Waals surface area contributed by atoms with Crippen LogP contribution in [0.3, 0.4) is 0 Å². The number of piperazine rings is 1. The average Bonchev–Trinajstić information content (AvgIpc) is 2.62. The number of anilines is 1. The van der Waals surface area contributed by atoms with Crippen molar-refractivity contribution in [3.63, 3.8) is 0 Å². The molecule has 1 aromatic carbocycles. The number of nitrogens with zero attached hydrogens (tertiary/aromatic N) is 2. The molecule has 1 N–H and O–H groups in total. The molecule has 1 aliphatic heterocycles. The maximum Gasteiger partial charge on any atom is 0.274 e. The zero-order chi connectivity index (χ0) is 16.1. The van der Waals surface area contributed by atoms with Gasteiger partial charge in [0.25, 0.3) is 11.7 Å². The van der Waals surface area contributed by atoms with Crippen molar-refractivity contribution in [2.45, 2.75) is 6.92 Å². The largest absolute Gasteiger partial charge is 0.484 e. The zero-order valence-corrected chi connectivity index (χ0v) is 13.4. The summed E-state index contributed by atoms with van der Waals surface area (Å²) in [4.78, 5) is 19.7. The van der Waals surface area contributed by atoms with Crippen LogP contribution in [0.4, 0.5) is 5.82 Å². The van der Waals surface area contributed by atoms with Gasteiger partial charge in [0.1, 0.15) is 18.8 Å². The lowest BCUT2D eigenvalue weighted by molar-refractivity contribution is -0.364. The molecule has 23 heavy (non-hydrogen) atoms. The molecule has 1 aliphatic rings. The number of rotatable bonds is 4. The standard InChI is InChI=1S/C18H21N3O2/c1-15-6-2-3-7-16(15)23-14-18(22)21-12-10-20(11-13-21)17-8-4-5-9-19-17/h2-9H,10-14H2,1H3/p+1. The van der Waals surface area contributed by atoms with Crippen LogP contribution >= 0.6 is 0 Å². The van der Waals surface area contributed by atoms with Crippen LogP contribution in [-0.2, 0) is 4.79 Å². The Morgan fingerprint density at radius 1 is 1.09 bits per heavy atom. The molecule has 0 bridgehead atoms. The molecule has 1 fully saturated rings. The maximum atomic E-state index is 12.3. The molecule has 3 rings (SSSR count). The van der Waals surface area contributed by atoms with Gasteiger partial charge >= 0.3 is 0 Å². The van der Waals surface area contributed by atoms with E-state index in [4.69, 9.17) is 4.74 Å². The summed E-state index contributed by atoms with van der Waals surface area (Å²) in [6, 6.07) is 13.8. The Morgan fingerprint density at radius 2 is 1.83 bits per heavy atom. The van der Waals surface area contributed by atoms with Gasteiger partial charge in [-0.2, -0.15) is 0 Å². The first-order chi connectivity index (χ1) is 11.2. The van der Waals surface area contributed by atoms with Crippen LogP contribution in [0.1, 0.15) is 5.56 Å². The van der Waals surface area contributed by atoms with E-state index >= 15 is 0 Å². The Kier molecular flexibility index (Phi) is 4.76. The predicted molar refractivity (Wildman–Crippen MR) is 88.5 cm³/mol. The van der Waals surface area contributed by atoms with Crippen molar-refractivity contribution < 1.29 is 14.5 Å². The lowest BCUT2D eigenvalue weighted by atomic mass is 10.2. The number of H-pyrrole nitrogens is 1.